The van der Waals surface area contributed by atoms with Crippen molar-refractivity contribution in [3.05, 3.63) is 0 Å². The molecule has 0 rings (SSSR count). The van der Waals surface area contributed by atoms with E-state index in [1.54, 1.807) is 0 Å². The van der Waals surface area contributed by atoms with Gasteiger partial charge in [0.2, 0.25) is 0 Å². The van der Waals surface area contributed by atoms with Gasteiger partial charge in [-0.15, -0.1) is 0 Å². The molecule has 0 aliphatic rings. The van der Waals surface area contributed by atoms with Crippen molar-refractivity contribution in [2.45, 2.75) is 52.6 Å². The van der Waals surface area contributed by atoms with Gasteiger partial charge in [0.25, 0.3) is 0 Å². The summed E-state index contributed by atoms with van der Waals surface area (Å²) in [5.41, 5.74) is -1.10. The molecule has 0 radical (unpaired) electrons. The second-order valence-corrected chi connectivity index (χ2v) is 5.64. The average Bonchev–Trinajstić information content (AvgIpc) is 2.02. The molecule has 0 unspecified atom stereocenters. The first-order valence-electron chi connectivity index (χ1n) is 8.03. The van der Waals surface area contributed by atoms with Crippen molar-refractivity contribution in [3.8, 4) is 0 Å². The third kappa shape index (κ3) is 4.97. The zero-order valence-electron chi connectivity index (χ0n) is 16.3. The van der Waals surface area contributed by atoms with E-state index < -0.39 is 25.0 Å². The van der Waals surface area contributed by atoms with E-state index in [4.69, 9.17) is 8.22 Å². The summed E-state index contributed by atoms with van der Waals surface area (Å²) in [7, 11) is 0. The normalized spacial score (nSPS) is 22.3. The van der Waals surface area contributed by atoms with E-state index in [1.807, 2.05) is 41.5 Å². The van der Waals surface area contributed by atoms with Gasteiger partial charge in [-0.2, -0.15) is 0 Å². The van der Waals surface area contributed by atoms with Crippen molar-refractivity contribution >= 4 is 0 Å². The number of hydrogen-bond donors (Lipinski definition) is 0. The molecule has 0 aliphatic carbocycles. The highest BCUT2D eigenvalue weighted by Crippen LogP contribution is 2.13. The van der Waals surface area contributed by atoms with E-state index in [1.165, 1.54) is 9.80 Å². The number of likely N-dealkylation sites (N-methyl/N-ethyl adjacent to an activating group) is 2. The second kappa shape index (κ2) is 4.63. The molecule has 0 bridgehead atoms. The molecule has 0 aliphatic heterocycles. The Kier molecular flexibility index (Phi) is 2.15. The molecule has 0 amide bonds. The summed E-state index contributed by atoms with van der Waals surface area (Å²) in [6.45, 7) is 6.77. The fraction of sp³-hybridized carbons (Fsp3) is 1.00. The van der Waals surface area contributed by atoms with Crippen LogP contribution in [0.2, 0.25) is 0 Å². The van der Waals surface area contributed by atoms with E-state index in [9.17, 15) is 0 Å². The molecule has 14 heavy (non-hydrogen) atoms. The van der Waals surface area contributed by atoms with Gasteiger partial charge in [0, 0.05) is 32.4 Å². The Morgan fingerprint density at radius 3 is 1.21 bits per heavy atom. The third-order valence-electron chi connectivity index (χ3n) is 2.17. The topological polar surface area (TPSA) is 6.48 Å². The molecule has 0 atom stereocenters. The van der Waals surface area contributed by atoms with Crippen molar-refractivity contribution in [2.24, 2.45) is 0 Å². The fourth-order valence-corrected chi connectivity index (χ4v) is 0.871. The molecular formula is C12H28N2. The summed E-state index contributed by atoms with van der Waals surface area (Å²) < 4.78 is 45.6. The van der Waals surface area contributed by atoms with Gasteiger partial charge in [0.05, 0.1) is 0 Å². The maximum atomic E-state index is 7.60. The molecule has 0 fully saturated rings. The summed E-state index contributed by atoms with van der Waals surface area (Å²) in [6, 6.07) is 0. The van der Waals surface area contributed by atoms with Gasteiger partial charge < -0.3 is 9.80 Å². The molecule has 86 valence electrons. The smallest absolute Gasteiger partial charge is 0.0394 e. The summed E-state index contributed by atoms with van der Waals surface area (Å²) >= 11 is 0. The Labute approximate surface area is 98.7 Å². The Balaban J connectivity index is 5.10. The second-order valence-electron chi connectivity index (χ2n) is 5.64. The molecule has 0 aromatic rings. The number of nitrogens with zero attached hydrogens (tertiary/aromatic N) is 2. The zero-order chi connectivity index (χ0) is 16.6. The Morgan fingerprint density at radius 2 is 1.07 bits per heavy atom. The van der Waals surface area contributed by atoms with E-state index >= 15 is 0 Å². The lowest BCUT2D eigenvalue weighted by Crippen LogP contribution is -2.46. The average molecular weight is 206 g/mol. The van der Waals surface area contributed by atoms with Crippen LogP contribution in [0, 0.1) is 0 Å². The summed E-state index contributed by atoms with van der Waals surface area (Å²) in [4.78, 5) is 2.73. The van der Waals surface area contributed by atoms with Crippen LogP contribution in [0.4, 0.5) is 0 Å². The molecule has 2 heteroatoms. The van der Waals surface area contributed by atoms with E-state index in [2.05, 4.69) is 0 Å². The van der Waals surface area contributed by atoms with Gasteiger partial charge in [0.1, 0.15) is 0 Å². The van der Waals surface area contributed by atoms with Crippen molar-refractivity contribution in [1.82, 2.24) is 9.80 Å². The molecule has 0 aromatic carbocycles. The highest BCUT2D eigenvalue weighted by molar-refractivity contribution is 4.77. The lowest BCUT2D eigenvalue weighted by molar-refractivity contribution is 0.116. The lowest BCUT2D eigenvalue weighted by atomic mass is 10.1. The quantitative estimate of drug-likeness (QED) is 0.700. The van der Waals surface area contributed by atoms with Gasteiger partial charge in [-0.3, -0.25) is 0 Å². The standard InChI is InChI=1S/C12H28N2/c1-11(2,3)13(7)9-10-14(8)12(4,5)6/h9-10H2,1-8H3/i7D3,8D3. The molecule has 0 N–H and O–H groups in total. The van der Waals surface area contributed by atoms with Crippen molar-refractivity contribution in [3.63, 3.8) is 0 Å². The Morgan fingerprint density at radius 1 is 0.786 bits per heavy atom. The van der Waals surface area contributed by atoms with Crippen LogP contribution in [0.5, 0.6) is 0 Å². The van der Waals surface area contributed by atoms with Crippen LogP contribution in [0.25, 0.3) is 0 Å². The largest absolute Gasteiger partial charge is 0.300 e. The van der Waals surface area contributed by atoms with Crippen LogP contribution < -0.4 is 0 Å². The molecule has 0 heterocycles. The SMILES string of the molecule is [2H]C([2H])([2H])N(CCN(C([2H])([2H])[2H])C(C)(C)C)C(C)(C)C. The zero-order valence-corrected chi connectivity index (χ0v) is 10.3. The minimum Gasteiger partial charge on any atom is -0.300 e. The first kappa shape index (κ1) is 6.49. The minimum atomic E-state index is -2.24. The molecular weight excluding hydrogens is 172 g/mol. The molecule has 0 spiro atoms. The van der Waals surface area contributed by atoms with Gasteiger partial charge in [0.15, 0.2) is 0 Å². The van der Waals surface area contributed by atoms with Crippen molar-refractivity contribution in [2.75, 3.05) is 27.0 Å². The molecule has 0 saturated carbocycles. The first-order valence-corrected chi connectivity index (χ1v) is 5.03. The van der Waals surface area contributed by atoms with Gasteiger partial charge >= 0.3 is 0 Å². The Hall–Kier alpha value is -0.0800. The van der Waals surface area contributed by atoms with Crippen LogP contribution in [0.1, 0.15) is 49.8 Å². The van der Waals surface area contributed by atoms with Crippen molar-refractivity contribution in [1.29, 1.82) is 0 Å². The van der Waals surface area contributed by atoms with Crippen LogP contribution in [0.15, 0.2) is 0 Å². The van der Waals surface area contributed by atoms with E-state index in [0.29, 0.717) is 0 Å². The fourth-order valence-electron chi connectivity index (χ4n) is 0.871. The maximum absolute atomic E-state index is 7.60. The lowest BCUT2D eigenvalue weighted by Gasteiger charge is -2.37. The number of rotatable bonds is 3. The monoisotopic (exact) mass is 206 g/mol. The van der Waals surface area contributed by atoms with Crippen LogP contribution in [-0.2, 0) is 0 Å². The van der Waals surface area contributed by atoms with Gasteiger partial charge in [-0.1, -0.05) is 0 Å². The maximum Gasteiger partial charge on any atom is 0.0394 e. The van der Waals surface area contributed by atoms with Crippen molar-refractivity contribution < 1.29 is 8.22 Å². The van der Waals surface area contributed by atoms with Crippen LogP contribution in [0.3, 0.4) is 0 Å². The highest BCUT2D eigenvalue weighted by atomic mass is 15.2. The van der Waals surface area contributed by atoms with Gasteiger partial charge in [-0.05, 0) is 55.5 Å². The van der Waals surface area contributed by atoms with E-state index in [0.717, 1.165) is 0 Å². The summed E-state index contributed by atoms with van der Waals surface area (Å²) in [5, 5.41) is 0. The highest BCUT2D eigenvalue weighted by Gasteiger charge is 2.20. The predicted octanol–water partition coefficient (Wildman–Crippen LogP) is 2.45. The van der Waals surface area contributed by atoms with Crippen LogP contribution in [-0.4, -0.2) is 47.9 Å². The van der Waals surface area contributed by atoms with Crippen LogP contribution >= 0.6 is 0 Å². The predicted molar refractivity (Wildman–Crippen MR) is 64.8 cm³/mol. The summed E-state index contributed by atoms with van der Waals surface area (Å²) in [6.07, 6.45) is 0. The molecule has 2 nitrogen and oxygen atoms in total. The third-order valence-corrected chi connectivity index (χ3v) is 2.17. The van der Waals surface area contributed by atoms with E-state index in [-0.39, 0.29) is 13.1 Å². The Bertz CT molecular complexity index is 248. The molecule has 0 saturated heterocycles. The number of hydrogen-bond acceptors (Lipinski definition) is 2. The van der Waals surface area contributed by atoms with Gasteiger partial charge in [-0.25, -0.2) is 0 Å². The first-order chi connectivity index (χ1) is 8.47. The minimum absolute atomic E-state index is 0.176. The molecule has 0 aromatic heterocycles. The summed E-state index contributed by atoms with van der Waals surface area (Å²) in [5.74, 6) is 0.